The van der Waals surface area contributed by atoms with Crippen molar-refractivity contribution in [2.24, 2.45) is 5.92 Å². The molecule has 112 valence electrons. The van der Waals surface area contributed by atoms with E-state index in [0.717, 1.165) is 23.5 Å². The van der Waals surface area contributed by atoms with Crippen LogP contribution < -0.4 is 5.32 Å². The van der Waals surface area contributed by atoms with E-state index in [1.54, 1.807) is 0 Å². The minimum atomic E-state index is 0.416. The summed E-state index contributed by atoms with van der Waals surface area (Å²) in [5.41, 5.74) is 1.35. The molecule has 0 saturated heterocycles. The number of nitrogens with one attached hydrogen (secondary N) is 1. The summed E-state index contributed by atoms with van der Waals surface area (Å²) in [6.45, 7) is 6.08. The Morgan fingerprint density at radius 2 is 2.05 bits per heavy atom. The van der Waals surface area contributed by atoms with E-state index in [1.165, 1.54) is 29.3 Å². The summed E-state index contributed by atoms with van der Waals surface area (Å²) in [7, 11) is 0. The second-order valence-corrected chi connectivity index (χ2v) is 7.20. The van der Waals surface area contributed by atoms with E-state index in [1.807, 2.05) is 0 Å². The Morgan fingerprint density at radius 3 is 2.70 bits per heavy atom. The fourth-order valence-electron chi connectivity index (χ4n) is 2.92. The molecule has 0 radical (unpaired) electrons. The van der Waals surface area contributed by atoms with Crippen molar-refractivity contribution < 1.29 is 4.74 Å². The summed E-state index contributed by atoms with van der Waals surface area (Å²) >= 11 is 7.26. The first-order valence-corrected chi connectivity index (χ1v) is 9.02. The van der Waals surface area contributed by atoms with Crippen LogP contribution in [0.4, 0.5) is 0 Å². The fraction of sp³-hybridized carbons (Fsp3) is 0.625. The molecule has 0 spiro atoms. The van der Waals surface area contributed by atoms with Crippen molar-refractivity contribution in [3.8, 4) is 0 Å². The normalized spacial score (nSPS) is 23.4. The van der Waals surface area contributed by atoms with E-state index < -0.39 is 0 Å². The Kier molecular flexibility index (Phi) is 6.53. The highest BCUT2D eigenvalue weighted by Crippen LogP contribution is 2.38. The second-order valence-electron chi connectivity index (χ2n) is 5.43. The molecule has 0 bridgehead atoms. The van der Waals surface area contributed by atoms with Crippen LogP contribution in [-0.4, -0.2) is 19.3 Å². The van der Waals surface area contributed by atoms with Crippen LogP contribution in [0.25, 0.3) is 0 Å². The van der Waals surface area contributed by atoms with Gasteiger partial charge in [0.2, 0.25) is 0 Å². The van der Waals surface area contributed by atoms with Gasteiger partial charge < -0.3 is 10.1 Å². The zero-order chi connectivity index (χ0) is 14.5. The summed E-state index contributed by atoms with van der Waals surface area (Å²) in [6, 6.07) is 6.83. The highest BCUT2D eigenvalue weighted by Gasteiger charge is 2.32. The molecule has 1 fully saturated rings. The molecule has 4 heteroatoms. The number of rotatable bonds is 7. The lowest BCUT2D eigenvalue weighted by Gasteiger charge is -2.37. The van der Waals surface area contributed by atoms with Crippen LogP contribution in [0.15, 0.2) is 27.1 Å². The maximum Gasteiger partial charge on any atom is 0.0580 e. The highest BCUT2D eigenvalue weighted by atomic mass is 79.9. The van der Waals surface area contributed by atoms with Crippen molar-refractivity contribution in [3.63, 3.8) is 0 Å². The Balaban J connectivity index is 1.99. The number of benzene rings is 1. The molecule has 1 N–H and O–H groups in total. The number of halogens is 2. The molecule has 0 amide bonds. The predicted molar refractivity (Wildman–Crippen MR) is 91.0 cm³/mol. The largest absolute Gasteiger partial charge is 0.378 e. The van der Waals surface area contributed by atoms with Crippen molar-refractivity contribution >= 4 is 31.9 Å². The van der Waals surface area contributed by atoms with Gasteiger partial charge in [-0.05, 0) is 62.4 Å². The highest BCUT2D eigenvalue weighted by molar-refractivity contribution is 9.11. The van der Waals surface area contributed by atoms with Crippen molar-refractivity contribution in [2.75, 3.05) is 13.2 Å². The summed E-state index contributed by atoms with van der Waals surface area (Å²) in [5, 5.41) is 3.62. The molecule has 2 rings (SSSR count). The van der Waals surface area contributed by atoms with E-state index in [0.29, 0.717) is 12.1 Å². The topological polar surface area (TPSA) is 21.3 Å². The molecule has 2 nitrogen and oxygen atoms in total. The molecule has 1 aromatic rings. The van der Waals surface area contributed by atoms with Crippen LogP contribution in [0.1, 0.15) is 44.7 Å². The minimum Gasteiger partial charge on any atom is -0.378 e. The van der Waals surface area contributed by atoms with Crippen molar-refractivity contribution in [1.82, 2.24) is 5.32 Å². The first kappa shape index (κ1) is 16.5. The van der Waals surface area contributed by atoms with Crippen molar-refractivity contribution in [1.29, 1.82) is 0 Å². The first-order valence-electron chi connectivity index (χ1n) is 7.43. The summed E-state index contributed by atoms with van der Waals surface area (Å²) in [5.74, 6) is 0.779. The van der Waals surface area contributed by atoms with E-state index in [4.69, 9.17) is 4.74 Å². The summed E-state index contributed by atoms with van der Waals surface area (Å²) in [6.07, 6.45) is 4.10. The third-order valence-electron chi connectivity index (χ3n) is 3.95. The fourth-order valence-corrected chi connectivity index (χ4v) is 3.82. The third-order valence-corrected chi connectivity index (χ3v) is 5.16. The third kappa shape index (κ3) is 4.30. The van der Waals surface area contributed by atoms with E-state index in [9.17, 15) is 0 Å². The van der Waals surface area contributed by atoms with Gasteiger partial charge in [-0.15, -0.1) is 0 Å². The molecule has 1 saturated carbocycles. The predicted octanol–water partition coefficient (Wildman–Crippen LogP) is 5.07. The average Bonchev–Trinajstić information content (AvgIpc) is 2.38. The van der Waals surface area contributed by atoms with Gasteiger partial charge >= 0.3 is 0 Å². The lowest BCUT2D eigenvalue weighted by molar-refractivity contribution is -0.0291. The second kappa shape index (κ2) is 7.92. The van der Waals surface area contributed by atoms with Crippen molar-refractivity contribution in [3.05, 3.63) is 32.7 Å². The lowest BCUT2D eigenvalue weighted by atomic mass is 9.77. The standard InChI is InChI=1S/C16H23Br2NO/c1-3-19-16(9-11-7-13(8-11)20-4-2)14-10-12(17)5-6-15(14)18/h5-6,10-11,13,16,19H,3-4,7-9H2,1-2H3. The quantitative estimate of drug-likeness (QED) is 0.684. The van der Waals surface area contributed by atoms with Gasteiger partial charge in [0.1, 0.15) is 0 Å². The molecule has 0 aromatic heterocycles. The van der Waals surface area contributed by atoms with E-state index in [2.05, 4.69) is 69.2 Å². The van der Waals surface area contributed by atoms with Crippen molar-refractivity contribution in [2.45, 2.75) is 45.3 Å². The van der Waals surface area contributed by atoms with Gasteiger partial charge in [-0.3, -0.25) is 0 Å². The van der Waals surface area contributed by atoms with Crippen LogP contribution in [0.5, 0.6) is 0 Å². The Labute approximate surface area is 138 Å². The molecule has 1 aliphatic carbocycles. The number of ether oxygens (including phenoxy) is 1. The lowest BCUT2D eigenvalue weighted by Crippen LogP contribution is -2.34. The van der Waals surface area contributed by atoms with Crippen LogP contribution in [0, 0.1) is 5.92 Å². The molecule has 0 heterocycles. The van der Waals surface area contributed by atoms with Crippen LogP contribution in [-0.2, 0) is 4.74 Å². The number of hydrogen-bond donors (Lipinski definition) is 1. The molecule has 1 unspecified atom stereocenters. The summed E-state index contributed by atoms with van der Waals surface area (Å²) in [4.78, 5) is 0. The molecular weight excluding hydrogens is 382 g/mol. The number of hydrogen-bond acceptors (Lipinski definition) is 2. The van der Waals surface area contributed by atoms with Crippen LogP contribution >= 0.6 is 31.9 Å². The van der Waals surface area contributed by atoms with Gasteiger partial charge in [0.15, 0.2) is 0 Å². The van der Waals surface area contributed by atoms with E-state index >= 15 is 0 Å². The van der Waals surface area contributed by atoms with Gasteiger partial charge in [0.25, 0.3) is 0 Å². The molecule has 20 heavy (non-hydrogen) atoms. The van der Waals surface area contributed by atoms with E-state index in [-0.39, 0.29) is 0 Å². The first-order chi connectivity index (χ1) is 9.63. The van der Waals surface area contributed by atoms with Crippen LogP contribution in [0.2, 0.25) is 0 Å². The van der Waals surface area contributed by atoms with Gasteiger partial charge in [0.05, 0.1) is 6.10 Å². The SMILES string of the molecule is CCNC(CC1CC(OCC)C1)c1cc(Br)ccc1Br. The smallest absolute Gasteiger partial charge is 0.0580 e. The molecule has 0 aliphatic heterocycles. The maximum atomic E-state index is 5.66. The van der Waals surface area contributed by atoms with Gasteiger partial charge in [0, 0.05) is 21.6 Å². The zero-order valence-electron chi connectivity index (χ0n) is 12.2. The Morgan fingerprint density at radius 1 is 1.30 bits per heavy atom. The van der Waals surface area contributed by atoms with Crippen LogP contribution in [0.3, 0.4) is 0 Å². The zero-order valence-corrected chi connectivity index (χ0v) is 15.3. The molecule has 1 aromatic carbocycles. The van der Waals surface area contributed by atoms with Gasteiger partial charge in [-0.1, -0.05) is 38.8 Å². The Hall–Kier alpha value is 0.1000. The maximum absolute atomic E-state index is 5.66. The van der Waals surface area contributed by atoms with Gasteiger partial charge in [-0.2, -0.15) is 0 Å². The monoisotopic (exact) mass is 403 g/mol. The van der Waals surface area contributed by atoms with Gasteiger partial charge in [-0.25, -0.2) is 0 Å². The molecule has 1 aliphatic rings. The average molecular weight is 405 g/mol. The minimum absolute atomic E-state index is 0.416. The summed E-state index contributed by atoms with van der Waals surface area (Å²) < 4.78 is 7.99. The Bertz CT molecular complexity index is 432. The molecular formula is C16H23Br2NO. The molecule has 1 atom stereocenters.